The largest absolute Gasteiger partial charge is 0.455 e. The predicted octanol–water partition coefficient (Wildman–Crippen LogP) is 4.84. The van der Waals surface area contributed by atoms with E-state index in [2.05, 4.69) is 22.6 Å². The number of rotatable bonds is 1. The quantitative estimate of drug-likeness (QED) is 0.579. The van der Waals surface area contributed by atoms with Crippen LogP contribution in [0, 0.1) is 9.39 Å². The van der Waals surface area contributed by atoms with Gasteiger partial charge in [0.05, 0.1) is 3.57 Å². The lowest BCUT2D eigenvalue weighted by molar-refractivity contribution is 0.622. The van der Waals surface area contributed by atoms with Crippen LogP contribution in [-0.4, -0.2) is 0 Å². The third-order valence-electron chi connectivity index (χ3n) is 2.64. The topological polar surface area (TPSA) is 13.1 Å². The van der Waals surface area contributed by atoms with Gasteiger partial charge in [-0.3, -0.25) is 0 Å². The van der Waals surface area contributed by atoms with E-state index in [0.29, 0.717) is 0 Å². The van der Waals surface area contributed by atoms with Crippen molar-refractivity contribution in [1.29, 1.82) is 0 Å². The van der Waals surface area contributed by atoms with Gasteiger partial charge in [0.1, 0.15) is 17.2 Å². The Hall–Kier alpha value is -1.36. The molecule has 0 aliphatic heterocycles. The summed E-state index contributed by atoms with van der Waals surface area (Å²) in [6, 6.07) is 14.2. The monoisotopic (exact) mass is 338 g/mol. The molecule has 0 aliphatic carbocycles. The van der Waals surface area contributed by atoms with Crippen LogP contribution in [0.25, 0.3) is 22.3 Å². The molecule has 3 heteroatoms. The Kier molecular flexibility index (Phi) is 2.63. The Morgan fingerprint density at radius 2 is 1.65 bits per heavy atom. The van der Waals surface area contributed by atoms with E-state index < -0.39 is 0 Å². The predicted molar refractivity (Wildman–Crippen MR) is 74.3 cm³/mol. The van der Waals surface area contributed by atoms with Crippen LogP contribution in [0.3, 0.4) is 0 Å². The van der Waals surface area contributed by atoms with Crippen molar-refractivity contribution >= 4 is 33.6 Å². The van der Waals surface area contributed by atoms with E-state index in [1.807, 2.05) is 24.3 Å². The average molecular weight is 338 g/mol. The summed E-state index contributed by atoms with van der Waals surface area (Å²) in [5.74, 6) is 0.562. The number of para-hydroxylation sites is 1. The van der Waals surface area contributed by atoms with Gasteiger partial charge >= 0.3 is 0 Å². The van der Waals surface area contributed by atoms with E-state index >= 15 is 0 Å². The highest BCUT2D eigenvalue weighted by Gasteiger charge is 2.12. The maximum Gasteiger partial charge on any atom is 0.148 e. The van der Waals surface area contributed by atoms with Crippen molar-refractivity contribution in [3.8, 4) is 11.3 Å². The van der Waals surface area contributed by atoms with E-state index in [0.717, 1.165) is 25.9 Å². The summed E-state index contributed by atoms with van der Waals surface area (Å²) in [7, 11) is 0. The summed E-state index contributed by atoms with van der Waals surface area (Å²) in [6.45, 7) is 0. The number of halogens is 2. The van der Waals surface area contributed by atoms with Crippen molar-refractivity contribution < 1.29 is 8.81 Å². The highest BCUT2D eigenvalue weighted by atomic mass is 127. The van der Waals surface area contributed by atoms with E-state index in [-0.39, 0.29) is 5.82 Å². The molecule has 0 spiro atoms. The fraction of sp³-hybridized carbons (Fsp3) is 0. The molecule has 1 aromatic heterocycles. The summed E-state index contributed by atoms with van der Waals surface area (Å²) in [5, 5.41) is 1.09. The fourth-order valence-corrected chi connectivity index (χ4v) is 2.67. The average Bonchev–Trinajstić information content (AvgIpc) is 2.69. The number of hydrogen-bond acceptors (Lipinski definition) is 1. The first-order valence-corrected chi connectivity index (χ1v) is 6.26. The normalized spacial score (nSPS) is 10.9. The molecule has 0 unspecified atom stereocenters. The van der Waals surface area contributed by atoms with Gasteiger partial charge in [0.2, 0.25) is 0 Å². The van der Waals surface area contributed by atoms with Crippen LogP contribution >= 0.6 is 22.6 Å². The minimum atomic E-state index is -0.236. The van der Waals surface area contributed by atoms with Crippen molar-refractivity contribution in [2.45, 2.75) is 0 Å². The molecule has 84 valence electrons. The van der Waals surface area contributed by atoms with Crippen LogP contribution in [0.1, 0.15) is 0 Å². The Balaban J connectivity index is 2.24. The fourth-order valence-electron chi connectivity index (χ4n) is 1.80. The van der Waals surface area contributed by atoms with Gasteiger partial charge in [-0.1, -0.05) is 18.2 Å². The van der Waals surface area contributed by atoms with Gasteiger partial charge in [-0.15, -0.1) is 0 Å². The highest BCUT2D eigenvalue weighted by Crippen LogP contribution is 2.34. The zero-order valence-corrected chi connectivity index (χ0v) is 10.9. The van der Waals surface area contributed by atoms with Gasteiger partial charge in [0, 0.05) is 10.9 Å². The minimum absolute atomic E-state index is 0.236. The molecule has 0 saturated heterocycles. The standard InChI is InChI=1S/C14H8FIO/c15-10-7-5-9(6-8-10)14-13(16)11-3-1-2-4-12(11)17-14/h1-8H. The Bertz CT molecular complexity index is 670. The lowest BCUT2D eigenvalue weighted by Gasteiger charge is -1.97. The molecule has 1 heterocycles. The summed E-state index contributed by atoms with van der Waals surface area (Å²) in [4.78, 5) is 0. The molecular weight excluding hydrogens is 330 g/mol. The Labute approximate surface area is 111 Å². The van der Waals surface area contributed by atoms with Crippen molar-refractivity contribution in [2.75, 3.05) is 0 Å². The van der Waals surface area contributed by atoms with Crippen molar-refractivity contribution in [3.63, 3.8) is 0 Å². The summed E-state index contributed by atoms with van der Waals surface area (Å²) in [6.07, 6.45) is 0. The van der Waals surface area contributed by atoms with Crippen molar-refractivity contribution in [1.82, 2.24) is 0 Å². The molecule has 0 fully saturated rings. The molecule has 3 rings (SSSR count). The van der Waals surface area contributed by atoms with Crippen molar-refractivity contribution in [3.05, 3.63) is 57.9 Å². The molecule has 0 amide bonds. The van der Waals surface area contributed by atoms with Crippen LogP contribution in [0.5, 0.6) is 0 Å². The number of hydrogen-bond donors (Lipinski definition) is 0. The van der Waals surface area contributed by atoms with E-state index in [1.165, 1.54) is 12.1 Å². The molecule has 1 nitrogen and oxygen atoms in total. The van der Waals surface area contributed by atoms with E-state index in [9.17, 15) is 4.39 Å². The minimum Gasteiger partial charge on any atom is -0.455 e. The van der Waals surface area contributed by atoms with Gasteiger partial charge in [-0.25, -0.2) is 4.39 Å². The molecule has 0 radical (unpaired) electrons. The summed E-state index contributed by atoms with van der Waals surface area (Å²) in [5.41, 5.74) is 1.75. The third kappa shape index (κ3) is 1.84. The molecule has 2 aromatic carbocycles. The molecule has 0 N–H and O–H groups in total. The molecule has 0 bridgehead atoms. The maximum absolute atomic E-state index is 12.9. The molecule has 3 aromatic rings. The van der Waals surface area contributed by atoms with Crippen LogP contribution in [0.2, 0.25) is 0 Å². The first-order valence-electron chi connectivity index (χ1n) is 5.18. The van der Waals surface area contributed by atoms with E-state index in [4.69, 9.17) is 4.42 Å². The van der Waals surface area contributed by atoms with Crippen LogP contribution < -0.4 is 0 Å². The SMILES string of the molecule is Fc1ccc(-c2oc3ccccc3c2I)cc1. The zero-order chi connectivity index (χ0) is 11.8. The molecule has 17 heavy (non-hydrogen) atoms. The van der Waals surface area contributed by atoms with Crippen molar-refractivity contribution in [2.24, 2.45) is 0 Å². The van der Waals surface area contributed by atoms with Gasteiger partial charge in [-0.05, 0) is 52.9 Å². The smallest absolute Gasteiger partial charge is 0.148 e. The molecular formula is C14H8FIO. The Morgan fingerprint density at radius 1 is 0.941 bits per heavy atom. The van der Waals surface area contributed by atoms with Gasteiger partial charge in [0.25, 0.3) is 0 Å². The molecule has 0 saturated carbocycles. The Morgan fingerprint density at radius 3 is 2.35 bits per heavy atom. The number of fused-ring (bicyclic) bond motifs is 1. The lowest BCUT2D eigenvalue weighted by Crippen LogP contribution is -1.78. The summed E-state index contributed by atoms with van der Waals surface area (Å²) < 4.78 is 19.7. The molecule has 0 aliphatic rings. The first-order chi connectivity index (χ1) is 8.25. The van der Waals surface area contributed by atoms with Gasteiger partial charge < -0.3 is 4.42 Å². The van der Waals surface area contributed by atoms with Crippen LogP contribution in [-0.2, 0) is 0 Å². The van der Waals surface area contributed by atoms with Crippen LogP contribution in [0.15, 0.2) is 52.9 Å². The third-order valence-corrected chi connectivity index (χ3v) is 3.71. The van der Waals surface area contributed by atoms with Gasteiger partial charge in [0.15, 0.2) is 0 Å². The lowest BCUT2D eigenvalue weighted by atomic mass is 10.1. The second-order valence-corrected chi connectivity index (χ2v) is 4.83. The maximum atomic E-state index is 12.9. The first kappa shape index (κ1) is 10.8. The van der Waals surface area contributed by atoms with E-state index in [1.54, 1.807) is 12.1 Å². The highest BCUT2D eigenvalue weighted by molar-refractivity contribution is 14.1. The molecule has 0 atom stereocenters. The summed E-state index contributed by atoms with van der Waals surface area (Å²) >= 11 is 2.26. The van der Waals surface area contributed by atoms with Gasteiger partial charge in [-0.2, -0.15) is 0 Å². The zero-order valence-electron chi connectivity index (χ0n) is 8.78. The van der Waals surface area contributed by atoms with Crippen LogP contribution in [0.4, 0.5) is 4.39 Å². The second kappa shape index (κ2) is 4.14. The number of benzene rings is 2. The number of furan rings is 1. The second-order valence-electron chi connectivity index (χ2n) is 3.75.